The molecule has 0 fully saturated rings. The quantitative estimate of drug-likeness (QED) is 0.632. The number of carbonyl (C=O) groups excluding carboxylic acids is 1. The predicted octanol–water partition coefficient (Wildman–Crippen LogP) is 4.10. The third kappa shape index (κ3) is 7.29. The third-order valence-corrected chi connectivity index (χ3v) is 3.25. The average Bonchev–Trinajstić information content (AvgIpc) is 2.46. The van der Waals surface area contributed by atoms with E-state index >= 15 is 0 Å². The van der Waals surface area contributed by atoms with Crippen LogP contribution >= 0.6 is 0 Å². The molecule has 3 nitrogen and oxygen atoms in total. The Morgan fingerprint density at radius 2 is 1.75 bits per heavy atom. The maximum absolute atomic E-state index is 11.7. The number of amides is 1. The summed E-state index contributed by atoms with van der Waals surface area (Å²) in [6.45, 7) is 6.26. The number of hydrogen-bond donors (Lipinski definition) is 2. The molecule has 0 spiro atoms. The second kappa shape index (κ2) is 10.4. The van der Waals surface area contributed by atoms with Crippen molar-refractivity contribution in [3.8, 4) is 0 Å². The molecule has 1 aromatic rings. The molecule has 20 heavy (non-hydrogen) atoms. The van der Waals surface area contributed by atoms with Crippen LogP contribution in [0.2, 0.25) is 0 Å². The Morgan fingerprint density at radius 1 is 1.00 bits per heavy atom. The number of unbranched alkanes of at least 4 members (excludes halogenated alkanes) is 3. The van der Waals surface area contributed by atoms with Crippen LogP contribution in [0.25, 0.3) is 0 Å². The van der Waals surface area contributed by atoms with E-state index in [0.29, 0.717) is 6.42 Å². The van der Waals surface area contributed by atoms with E-state index in [2.05, 4.69) is 36.6 Å². The zero-order valence-electron chi connectivity index (χ0n) is 12.9. The summed E-state index contributed by atoms with van der Waals surface area (Å²) >= 11 is 0. The van der Waals surface area contributed by atoms with Gasteiger partial charge in [-0.15, -0.1) is 0 Å². The fourth-order valence-electron chi connectivity index (χ4n) is 2.05. The minimum Gasteiger partial charge on any atom is -0.326 e. The van der Waals surface area contributed by atoms with Crippen LogP contribution in [-0.2, 0) is 11.3 Å². The highest BCUT2D eigenvalue weighted by molar-refractivity contribution is 5.90. The van der Waals surface area contributed by atoms with Crippen molar-refractivity contribution in [2.24, 2.45) is 0 Å². The van der Waals surface area contributed by atoms with Crippen LogP contribution in [0, 0.1) is 0 Å². The highest BCUT2D eigenvalue weighted by atomic mass is 16.1. The summed E-state index contributed by atoms with van der Waals surface area (Å²) in [5, 5.41) is 6.32. The Balaban J connectivity index is 2.27. The number of anilines is 1. The van der Waals surface area contributed by atoms with E-state index in [1.54, 1.807) is 0 Å². The second-order valence-corrected chi connectivity index (χ2v) is 5.23. The van der Waals surface area contributed by atoms with Gasteiger partial charge in [-0.2, -0.15) is 0 Å². The number of carbonyl (C=O) groups is 1. The summed E-state index contributed by atoms with van der Waals surface area (Å²) in [5.41, 5.74) is 2.14. The number of benzene rings is 1. The van der Waals surface area contributed by atoms with Crippen molar-refractivity contribution in [3.63, 3.8) is 0 Å². The lowest BCUT2D eigenvalue weighted by Gasteiger charge is -2.07. The molecule has 0 atom stereocenters. The molecule has 0 saturated heterocycles. The van der Waals surface area contributed by atoms with E-state index in [9.17, 15) is 4.79 Å². The minimum atomic E-state index is 0.123. The molecule has 0 heterocycles. The minimum absolute atomic E-state index is 0.123. The van der Waals surface area contributed by atoms with Gasteiger partial charge in [0.1, 0.15) is 0 Å². The highest BCUT2D eigenvalue weighted by Crippen LogP contribution is 2.11. The van der Waals surface area contributed by atoms with Crippen molar-refractivity contribution in [2.75, 3.05) is 11.9 Å². The molecule has 0 radical (unpaired) electrons. The van der Waals surface area contributed by atoms with Crippen LogP contribution in [0.15, 0.2) is 24.3 Å². The first kappa shape index (κ1) is 16.7. The molecule has 0 aliphatic carbocycles. The van der Waals surface area contributed by atoms with Crippen LogP contribution < -0.4 is 10.6 Å². The summed E-state index contributed by atoms with van der Waals surface area (Å²) < 4.78 is 0. The summed E-state index contributed by atoms with van der Waals surface area (Å²) in [7, 11) is 0. The lowest BCUT2D eigenvalue weighted by molar-refractivity contribution is -0.116. The van der Waals surface area contributed by atoms with Crippen LogP contribution in [0.1, 0.15) is 57.9 Å². The van der Waals surface area contributed by atoms with E-state index in [0.717, 1.165) is 38.0 Å². The molecule has 0 bridgehead atoms. The average molecular weight is 276 g/mol. The van der Waals surface area contributed by atoms with Crippen molar-refractivity contribution < 1.29 is 4.79 Å². The monoisotopic (exact) mass is 276 g/mol. The van der Waals surface area contributed by atoms with E-state index < -0.39 is 0 Å². The smallest absolute Gasteiger partial charge is 0.224 e. The largest absolute Gasteiger partial charge is 0.326 e. The molecule has 0 saturated carbocycles. The zero-order chi connectivity index (χ0) is 14.6. The van der Waals surface area contributed by atoms with Crippen LogP contribution in [0.3, 0.4) is 0 Å². The van der Waals surface area contributed by atoms with Gasteiger partial charge in [0.15, 0.2) is 0 Å². The maximum Gasteiger partial charge on any atom is 0.224 e. The fraction of sp³-hybridized carbons (Fsp3) is 0.588. The standard InChI is InChI=1S/C17H28N2O/c1-3-5-6-7-8-17(20)19-16-11-9-15(10-12-16)14-18-13-4-2/h9-12,18H,3-8,13-14H2,1-2H3,(H,19,20). The van der Waals surface area contributed by atoms with E-state index in [1.807, 2.05) is 12.1 Å². The summed E-state index contributed by atoms with van der Waals surface area (Å²) in [5.74, 6) is 0.123. The second-order valence-electron chi connectivity index (χ2n) is 5.23. The zero-order valence-corrected chi connectivity index (χ0v) is 12.9. The number of rotatable bonds is 10. The fourth-order valence-corrected chi connectivity index (χ4v) is 2.05. The molecule has 0 unspecified atom stereocenters. The lowest BCUT2D eigenvalue weighted by Crippen LogP contribution is -2.14. The molecule has 112 valence electrons. The Morgan fingerprint density at radius 3 is 2.40 bits per heavy atom. The third-order valence-electron chi connectivity index (χ3n) is 3.25. The molecule has 1 amide bonds. The highest BCUT2D eigenvalue weighted by Gasteiger charge is 2.02. The molecule has 0 aromatic heterocycles. The number of nitrogens with one attached hydrogen (secondary N) is 2. The van der Waals surface area contributed by atoms with Gasteiger partial charge in [0, 0.05) is 18.7 Å². The van der Waals surface area contributed by atoms with Gasteiger partial charge in [-0.05, 0) is 37.1 Å². The summed E-state index contributed by atoms with van der Waals surface area (Å²) in [6, 6.07) is 8.09. The van der Waals surface area contributed by atoms with E-state index in [4.69, 9.17) is 0 Å². The van der Waals surface area contributed by atoms with Gasteiger partial charge < -0.3 is 10.6 Å². The van der Waals surface area contributed by atoms with Gasteiger partial charge in [0.05, 0.1) is 0 Å². The van der Waals surface area contributed by atoms with Gasteiger partial charge in [-0.3, -0.25) is 4.79 Å². The van der Waals surface area contributed by atoms with Gasteiger partial charge >= 0.3 is 0 Å². The van der Waals surface area contributed by atoms with Gasteiger partial charge in [0.2, 0.25) is 5.91 Å². The molecular weight excluding hydrogens is 248 g/mol. The predicted molar refractivity (Wildman–Crippen MR) is 85.8 cm³/mol. The molecule has 0 aliphatic heterocycles. The molecule has 2 N–H and O–H groups in total. The Hall–Kier alpha value is -1.35. The molecule has 0 aliphatic rings. The Kier molecular flexibility index (Phi) is 8.72. The SMILES string of the molecule is CCCCCCC(=O)Nc1ccc(CNCCC)cc1. The summed E-state index contributed by atoms with van der Waals surface area (Å²) in [4.78, 5) is 11.7. The lowest BCUT2D eigenvalue weighted by atomic mass is 10.1. The Bertz CT molecular complexity index is 373. The van der Waals surface area contributed by atoms with Gasteiger partial charge in [-0.1, -0.05) is 45.2 Å². The molecular formula is C17H28N2O. The molecule has 3 heteroatoms. The van der Waals surface area contributed by atoms with E-state index in [1.165, 1.54) is 18.4 Å². The van der Waals surface area contributed by atoms with Gasteiger partial charge in [0.25, 0.3) is 0 Å². The first-order valence-corrected chi connectivity index (χ1v) is 7.85. The van der Waals surface area contributed by atoms with Crippen molar-refractivity contribution in [2.45, 2.75) is 58.9 Å². The normalized spacial score (nSPS) is 10.5. The topological polar surface area (TPSA) is 41.1 Å². The van der Waals surface area contributed by atoms with Crippen LogP contribution in [0.4, 0.5) is 5.69 Å². The van der Waals surface area contributed by atoms with Crippen molar-refractivity contribution in [1.29, 1.82) is 0 Å². The Labute approximate surface area is 123 Å². The van der Waals surface area contributed by atoms with Gasteiger partial charge in [-0.25, -0.2) is 0 Å². The first-order chi connectivity index (χ1) is 9.76. The molecule has 1 aromatic carbocycles. The van der Waals surface area contributed by atoms with Crippen LogP contribution in [-0.4, -0.2) is 12.5 Å². The number of hydrogen-bond acceptors (Lipinski definition) is 2. The van der Waals surface area contributed by atoms with E-state index in [-0.39, 0.29) is 5.91 Å². The van der Waals surface area contributed by atoms with Crippen LogP contribution in [0.5, 0.6) is 0 Å². The molecule has 1 rings (SSSR count). The van der Waals surface area contributed by atoms with Crippen molar-refractivity contribution >= 4 is 11.6 Å². The summed E-state index contributed by atoms with van der Waals surface area (Å²) in [6.07, 6.45) is 6.32. The first-order valence-electron chi connectivity index (χ1n) is 7.85. The van der Waals surface area contributed by atoms with Crippen molar-refractivity contribution in [1.82, 2.24) is 5.32 Å². The van der Waals surface area contributed by atoms with Crippen molar-refractivity contribution in [3.05, 3.63) is 29.8 Å². The maximum atomic E-state index is 11.7.